The van der Waals surface area contributed by atoms with Crippen molar-refractivity contribution in [3.63, 3.8) is 0 Å². The molecule has 1 saturated heterocycles. The van der Waals surface area contributed by atoms with Gasteiger partial charge >= 0.3 is 0 Å². The van der Waals surface area contributed by atoms with E-state index in [4.69, 9.17) is 5.73 Å². The van der Waals surface area contributed by atoms with Crippen LogP contribution in [0, 0.1) is 11.3 Å². The maximum absolute atomic E-state index is 6.23. The summed E-state index contributed by atoms with van der Waals surface area (Å²) in [6.07, 6.45) is 2.25. The van der Waals surface area contributed by atoms with E-state index in [0.717, 1.165) is 25.3 Å². The van der Waals surface area contributed by atoms with E-state index in [1.54, 1.807) is 0 Å². The fraction of sp³-hybridized carbons (Fsp3) is 1.00. The highest BCUT2D eigenvalue weighted by Gasteiger charge is 2.30. The third-order valence-electron chi connectivity index (χ3n) is 4.00. The van der Waals surface area contributed by atoms with Gasteiger partial charge in [-0.1, -0.05) is 27.7 Å². The number of hydrogen-bond acceptors (Lipinski definition) is 3. The average molecular weight is 255 g/mol. The van der Waals surface area contributed by atoms with Gasteiger partial charge in [0, 0.05) is 25.2 Å². The summed E-state index contributed by atoms with van der Waals surface area (Å²) in [7, 11) is 4.38. The lowest BCUT2D eigenvalue weighted by atomic mass is 9.87. The number of hydrogen-bond donors (Lipinski definition) is 1. The van der Waals surface area contributed by atoms with Gasteiger partial charge in [0.1, 0.15) is 0 Å². The molecule has 1 fully saturated rings. The van der Waals surface area contributed by atoms with Crippen molar-refractivity contribution >= 4 is 0 Å². The van der Waals surface area contributed by atoms with Crippen molar-refractivity contribution < 1.29 is 0 Å². The highest BCUT2D eigenvalue weighted by molar-refractivity contribution is 4.87. The number of nitrogens with zero attached hydrogens (tertiary/aromatic N) is 2. The molecule has 0 saturated carbocycles. The van der Waals surface area contributed by atoms with E-state index in [1.807, 2.05) is 0 Å². The van der Waals surface area contributed by atoms with Crippen LogP contribution < -0.4 is 5.73 Å². The Balaban J connectivity index is 2.29. The number of likely N-dealkylation sites (tertiary alicyclic amines) is 1. The first-order valence-electron chi connectivity index (χ1n) is 7.33. The molecule has 0 aromatic carbocycles. The first-order chi connectivity index (χ1) is 8.19. The Kier molecular flexibility index (Phi) is 5.63. The standard InChI is InChI=1S/C15H33N3/c1-12-10-18(11-14(12)17(5)6)8-7-13(16)9-15(2,3)4/h12-14H,7-11,16H2,1-6H3. The van der Waals surface area contributed by atoms with Gasteiger partial charge in [0.25, 0.3) is 0 Å². The summed E-state index contributed by atoms with van der Waals surface area (Å²) >= 11 is 0. The first-order valence-corrected chi connectivity index (χ1v) is 7.33. The van der Waals surface area contributed by atoms with Crippen LogP contribution in [0.25, 0.3) is 0 Å². The van der Waals surface area contributed by atoms with Crippen molar-refractivity contribution in [1.29, 1.82) is 0 Å². The molecule has 0 spiro atoms. The van der Waals surface area contributed by atoms with Crippen molar-refractivity contribution in [1.82, 2.24) is 9.80 Å². The van der Waals surface area contributed by atoms with Gasteiger partial charge in [-0.2, -0.15) is 0 Å². The van der Waals surface area contributed by atoms with Crippen LogP contribution in [-0.2, 0) is 0 Å². The van der Waals surface area contributed by atoms with E-state index in [-0.39, 0.29) is 0 Å². The molecule has 3 nitrogen and oxygen atoms in total. The molecule has 0 radical (unpaired) electrons. The van der Waals surface area contributed by atoms with E-state index in [9.17, 15) is 0 Å². The second kappa shape index (κ2) is 6.36. The van der Waals surface area contributed by atoms with Gasteiger partial charge in [-0.25, -0.2) is 0 Å². The second-order valence-corrected chi connectivity index (χ2v) is 7.58. The van der Waals surface area contributed by atoms with Crippen molar-refractivity contribution in [2.24, 2.45) is 17.1 Å². The van der Waals surface area contributed by atoms with Crippen molar-refractivity contribution in [3.8, 4) is 0 Å². The Morgan fingerprint density at radius 1 is 1.28 bits per heavy atom. The lowest BCUT2D eigenvalue weighted by Crippen LogP contribution is -2.35. The van der Waals surface area contributed by atoms with Gasteiger partial charge in [0.2, 0.25) is 0 Å². The number of rotatable bonds is 5. The summed E-state index contributed by atoms with van der Waals surface area (Å²) in [5.74, 6) is 0.777. The molecule has 3 heteroatoms. The predicted octanol–water partition coefficient (Wildman–Crippen LogP) is 2.02. The van der Waals surface area contributed by atoms with Gasteiger partial charge in [-0.3, -0.25) is 0 Å². The topological polar surface area (TPSA) is 32.5 Å². The molecule has 0 aliphatic carbocycles. The van der Waals surface area contributed by atoms with Gasteiger partial charge < -0.3 is 15.5 Å². The Morgan fingerprint density at radius 3 is 2.33 bits per heavy atom. The maximum Gasteiger partial charge on any atom is 0.0254 e. The molecular formula is C15H33N3. The Labute approximate surface area is 114 Å². The molecule has 108 valence electrons. The minimum atomic E-state index is 0.346. The van der Waals surface area contributed by atoms with Crippen LogP contribution in [0.1, 0.15) is 40.5 Å². The Hall–Kier alpha value is -0.120. The average Bonchev–Trinajstić information content (AvgIpc) is 2.54. The fourth-order valence-electron chi connectivity index (χ4n) is 3.14. The highest BCUT2D eigenvalue weighted by atomic mass is 15.2. The molecule has 1 aliphatic heterocycles. The quantitative estimate of drug-likeness (QED) is 0.816. The van der Waals surface area contributed by atoms with Gasteiger partial charge in [0.05, 0.1) is 0 Å². The summed E-state index contributed by atoms with van der Waals surface area (Å²) in [4.78, 5) is 4.94. The van der Waals surface area contributed by atoms with Crippen LogP contribution in [0.4, 0.5) is 0 Å². The van der Waals surface area contributed by atoms with Crippen molar-refractivity contribution in [3.05, 3.63) is 0 Å². The molecule has 0 aromatic heterocycles. The van der Waals surface area contributed by atoms with E-state index in [2.05, 4.69) is 51.6 Å². The smallest absolute Gasteiger partial charge is 0.0254 e. The van der Waals surface area contributed by atoms with Gasteiger partial charge in [0.15, 0.2) is 0 Å². The zero-order valence-electron chi connectivity index (χ0n) is 13.2. The largest absolute Gasteiger partial charge is 0.328 e. The molecule has 0 aromatic rings. The summed E-state index contributed by atoms with van der Waals surface area (Å²) in [6.45, 7) is 12.8. The SMILES string of the molecule is CC1CN(CCC(N)CC(C)(C)C)CC1N(C)C. The normalized spacial score (nSPS) is 28.0. The lowest BCUT2D eigenvalue weighted by Gasteiger charge is -2.25. The van der Waals surface area contributed by atoms with Gasteiger partial charge in [-0.15, -0.1) is 0 Å². The highest BCUT2D eigenvalue weighted by Crippen LogP contribution is 2.23. The molecular weight excluding hydrogens is 222 g/mol. The zero-order valence-corrected chi connectivity index (χ0v) is 13.2. The summed E-state index contributed by atoms with van der Waals surface area (Å²) in [5, 5.41) is 0. The van der Waals surface area contributed by atoms with Crippen molar-refractivity contribution in [2.45, 2.75) is 52.6 Å². The molecule has 3 unspecified atom stereocenters. The summed E-state index contributed by atoms with van der Waals surface area (Å²) in [5.41, 5.74) is 6.58. The first kappa shape index (κ1) is 15.9. The lowest BCUT2D eigenvalue weighted by molar-refractivity contribution is 0.245. The maximum atomic E-state index is 6.23. The number of likely N-dealkylation sites (N-methyl/N-ethyl adjacent to an activating group) is 1. The molecule has 0 bridgehead atoms. The molecule has 0 amide bonds. The van der Waals surface area contributed by atoms with E-state index >= 15 is 0 Å². The van der Waals surface area contributed by atoms with Crippen LogP contribution >= 0.6 is 0 Å². The molecule has 1 aliphatic rings. The zero-order chi connectivity index (χ0) is 13.9. The van der Waals surface area contributed by atoms with Crippen LogP contribution in [-0.4, -0.2) is 55.6 Å². The summed E-state index contributed by atoms with van der Waals surface area (Å²) in [6, 6.07) is 1.06. The molecule has 1 heterocycles. The van der Waals surface area contributed by atoms with Crippen LogP contribution in [0.3, 0.4) is 0 Å². The van der Waals surface area contributed by atoms with Crippen LogP contribution in [0.5, 0.6) is 0 Å². The minimum absolute atomic E-state index is 0.346. The molecule has 2 N–H and O–H groups in total. The second-order valence-electron chi connectivity index (χ2n) is 7.58. The Morgan fingerprint density at radius 2 is 1.89 bits per heavy atom. The fourth-order valence-corrected chi connectivity index (χ4v) is 3.14. The van der Waals surface area contributed by atoms with Gasteiger partial charge in [-0.05, 0) is 44.8 Å². The Bertz CT molecular complexity index is 245. The van der Waals surface area contributed by atoms with Crippen LogP contribution in [0.2, 0.25) is 0 Å². The van der Waals surface area contributed by atoms with E-state index in [1.165, 1.54) is 13.1 Å². The number of nitrogens with two attached hydrogens (primary N) is 1. The summed E-state index contributed by atoms with van der Waals surface area (Å²) < 4.78 is 0. The monoisotopic (exact) mass is 255 g/mol. The molecule has 3 atom stereocenters. The third kappa shape index (κ3) is 5.25. The van der Waals surface area contributed by atoms with E-state index in [0.29, 0.717) is 17.5 Å². The molecule has 18 heavy (non-hydrogen) atoms. The third-order valence-corrected chi connectivity index (χ3v) is 4.00. The minimum Gasteiger partial charge on any atom is -0.328 e. The van der Waals surface area contributed by atoms with Crippen molar-refractivity contribution in [2.75, 3.05) is 33.7 Å². The van der Waals surface area contributed by atoms with E-state index < -0.39 is 0 Å². The molecule has 1 rings (SSSR count). The predicted molar refractivity (Wildman–Crippen MR) is 79.7 cm³/mol. The van der Waals surface area contributed by atoms with Crippen LogP contribution in [0.15, 0.2) is 0 Å².